The van der Waals surface area contributed by atoms with Gasteiger partial charge in [0.15, 0.2) is 11.5 Å². The molecule has 1 amide bonds. The van der Waals surface area contributed by atoms with Crippen LogP contribution >= 0.6 is 34.8 Å². The number of nitrogens with zero attached hydrogens (tertiary/aromatic N) is 1. The molecule has 2 aromatic rings. The molecule has 0 saturated heterocycles. The van der Waals surface area contributed by atoms with E-state index in [1.807, 2.05) is 0 Å². The van der Waals surface area contributed by atoms with Gasteiger partial charge in [0.05, 0.1) is 46.0 Å². The molecule has 0 heterocycles. The van der Waals surface area contributed by atoms with Crippen LogP contribution in [0.4, 0.5) is 11.4 Å². The van der Waals surface area contributed by atoms with Gasteiger partial charge in [-0.25, -0.2) is 0 Å². The van der Waals surface area contributed by atoms with Gasteiger partial charge in [-0.05, 0) is 12.1 Å². The summed E-state index contributed by atoms with van der Waals surface area (Å²) in [5.41, 5.74) is -0.527. The Morgan fingerprint density at radius 1 is 1.00 bits per heavy atom. The van der Waals surface area contributed by atoms with Crippen LogP contribution in [0.15, 0.2) is 24.3 Å². The first-order chi connectivity index (χ1) is 11.8. The van der Waals surface area contributed by atoms with E-state index in [1.54, 1.807) is 0 Å². The number of halogens is 3. The molecule has 0 unspecified atom stereocenters. The second-order valence-corrected chi connectivity index (χ2v) is 5.90. The fraction of sp³-hybridized carbons (Fsp3) is 0.133. The molecule has 2 rings (SSSR count). The summed E-state index contributed by atoms with van der Waals surface area (Å²) in [7, 11) is 2.68. The maximum Gasteiger partial charge on any atom is 0.286 e. The standard InChI is InChI=1S/C15H11Cl3N2O5/c1-24-13-3-7(12(20(22)23)6-14(13)25-2)15(21)19-11-5-9(17)8(16)4-10(11)18/h3-6H,1-2H3,(H,19,21). The van der Waals surface area contributed by atoms with Gasteiger partial charge in [0.1, 0.15) is 5.56 Å². The van der Waals surface area contributed by atoms with Crippen molar-refractivity contribution in [2.24, 2.45) is 0 Å². The minimum atomic E-state index is -0.770. The van der Waals surface area contributed by atoms with Crippen molar-refractivity contribution in [3.8, 4) is 11.5 Å². The van der Waals surface area contributed by atoms with E-state index in [1.165, 1.54) is 32.4 Å². The Kier molecular flexibility index (Phi) is 5.94. The van der Waals surface area contributed by atoms with E-state index in [0.717, 1.165) is 6.07 Å². The van der Waals surface area contributed by atoms with Crippen molar-refractivity contribution in [3.05, 3.63) is 55.0 Å². The lowest BCUT2D eigenvalue weighted by molar-refractivity contribution is -0.385. The number of amides is 1. The molecule has 0 aliphatic carbocycles. The lowest BCUT2D eigenvalue weighted by Gasteiger charge is -2.12. The number of nitro benzene ring substituents is 1. The predicted molar refractivity (Wildman–Crippen MR) is 95.6 cm³/mol. The number of benzene rings is 2. The van der Waals surface area contributed by atoms with Crippen molar-refractivity contribution in [2.75, 3.05) is 19.5 Å². The molecule has 0 aliphatic heterocycles. The Morgan fingerprint density at radius 3 is 2.12 bits per heavy atom. The Bertz CT molecular complexity index is 858. The number of hydrogen-bond donors (Lipinski definition) is 1. The first-order valence-electron chi connectivity index (χ1n) is 6.64. The average molecular weight is 406 g/mol. The molecule has 0 atom stereocenters. The van der Waals surface area contributed by atoms with E-state index >= 15 is 0 Å². The van der Waals surface area contributed by atoms with E-state index in [2.05, 4.69) is 5.32 Å². The molecule has 10 heteroatoms. The van der Waals surface area contributed by atoms with E-state index in [4.69, 9.17) is 44.3 Å². The van der Waals surface area contributed by atoms with Crippen molar-refractivity contribution in [3.63, 3.8) is 0 Å². The van der Waals surface area contributed by atoms with E-state index in [9.17, 15) is 14.9 Å². The fourth-order valence-corrected chi connectivity index (χ4v) is 2.60. The summed E-state index contributed by atoms with van der Waals surface area (Å²) in [5, 5.41) is 14.3. The third kappa shape index (κ3) is 4.07. The Labute approximate surface area is 157 Å². The zero-order valence-corrected chi connectivity index (χ0v) is 15.2. The third-order valence-electron chi connectivity index (χ3n) is 3.20. The summed E-state index contributed by atoms with van der Waals surface area (Å²) >= 11 is 17.7. The number of anilines is 1. The minimum Gasteiger partial charge on any atom is -0.493 e. The first-order valence-corrected chi connectivity index (χ1v) is 7.78. The summed E-state index contributed by atoms with van der Waals surface area (Å²) in [6.07, 6.45) is 0. The quantitative estimate of drug-likeness (QED) is 0.437. The van der Waals surface area contributed by atoms with Gasteiger partial charge in [-0.15, -0.1) is 0 Å². The average Bonchev–Trinajstić information content (AvgIpc) is 2.58. The summed E-state index contributed by atoms with van der Waals surface area (Å²) in [4.78, 5) is 23.1. The zero-order chi connectivity index (χ0) is 18.7. The molecule has 0 spiro atoms. The third-order valence-corrected chi connectivity index (χ3v) is 4.24. The van der Waals surface area contributed by atoms with Gasteiger partial charge in [0.2, 0.25) is 0 Å². The first kappa shape index (κ1) is 19.1. The second kappa shape index (κ2) is 7.77. The largest absolute Gasteiger partial charge is 0.493 e. The highest BCUT2D eigenvalue weighted by Crippen LogP contribution is 2.36. The maximum atomic E-state index is 12.5. The number of carbonyl (C=O) groups excluding carboxylic acids is 1. The monoisotopic (exact) mass is 404 g/mol. The number of ether oxygens (including phenoxy) is 2. The highest BCUT2D eigenvalue weighted by atomic mass is 35.5. The van der Waals surface area contributed by atoms with Crippen LogP contribution in [0.3, 0.4) is 0 Å². The normalized spacial score (nSPS) is 10.3. The molecule has 2 aromatic carbocycles. The Hall–Kier alpha value is -2.22. The van der Waals surface area contributed by atoms with Crippen molar-refractivity contribution in [1.29, 1.82) is 0 Å². The summed E-state index contributed by atoms with van der Waals surface area (Å²) < 4.78 is 10.1. The number of nitro groups is 1. The lowest BCUT2D eigenvalue weighted by atomic mass is 10.1. The lowest BCUT2D eigenvalue weighted by Crippen LogP contribution is -2.15. The van der Waals surface area contributed by atoms with Crippen molar-refractivity contribution >= 4 is 52.1 Å². The fourth-order valence-electron chi connectivity index (χ4n) is 2.01. The van der Waals surface area contributed by atoms with Gasteiger partial charge < -0.3 is 14.8 Å². The molecule has 0 aliphatic rings. The van der Waals surface area contributed by atoms with Gasteiger partial charge >= 0.3 is 0 Å². The molecular weight excluding hydrogens is 395 g/mol. The molecule has 0 aromatic heterocycles. The topological polar surface area (TPSA) is 90.7 Å². The number of hydrogen-bond acceptors (Lipinski definition) is 5. The molecule has 7 nitrogen and oxygen atoms in total. The van der Waals surface area contributed by atoms with Gasteiger partial charge in [-0.2, -0.15) is 0 Å². The molecule has 0 fully saturated rings. The van der Waals surface area contributed by atoms with E-state index in [0.29, 0.717) is 0 Å². The van der Waals surface area contributed by atoms with Crippen molar-refractivity contribution in [1.82, 2.24) is 0 Å². The number of carbonyl (C=O) groups is 1. The highest BCUT2D eigenvalue weighted by molar-refractivity contribution is 6.44. The summed E-state index contributed by atoms with van der Waals surface area (Å²) in [6.45, 7) is 0. The number of nitrogens with one attached hydrogen (secondary N) is 1. The van der Waals surface area contributed by atoms with E-state index < -0.39 is 16.5 Å². The molecular formula is C15H11Cl3N2O5. The summed E-state index contributed by atoms with van der Waals surface area (Å²) in [6, 6.07) is 5.00. The summed E-state index contributed by atoms with van der Waals surface area (Å²) in [5.74, 6) is -0.482. The van der Waals surface area contributed by atoms with Gasteiger partial charge in [-0.3, -0.25) is 14.9 Å². The SMILES string of the molecule is COc1cc(C(=O)Nc2cc(Cl)c(Cl)cc2Cl)c([N+](=O)[O-])cc1OC. The molecule has 1 N–H and O–H groups in total. The van der Waals surface area contributed by atoms with Crippen LogP contribution in [-0.2, 0) is 0 Å². The highest BCUT2D eigenvalue weighted by Gasteiger charge is 2.25. The van der Waals surface area contributed by atoms with Crippen LogP contribution in [0.2, 0.25) is 15.1 Å². The number of rotatable bonds is 5. The van der Waals surface area contributed by atoms with Gasteiger partial charge in [0.25, 0.3) is 11.6 Å². The van der Waals surface area contributed by atoms with Crippen LogP contribution in [-0.4, -0.2) is 25.1 Å². The van der Waals surface area contributed by atoms with Crippen molar-refractivity contribution in [2.45, 2.75) is 0 Å². The van der Waals surface area contributed by atoms with Crippen LogP contribution < -0.4 is 14.8 Å². The van der Waals surface area contributed by atoms with Crippen molar-refractivity contribution < 1.29 is 19.2 Å². The predicted octanol–water partition coefficient (Wildman–Crippen LogP) is 4.82. The molecule has 132 valence electrons. The molecule has 0 bridgehead atoms. The van der Waals surface area contributed by atoms with Crippen LogP contribution in [0.5, 0.6) is 11.5 Å². The van der Waals surface area contributed by atoms with Crippen LogP contribution in [0.1, 0.15) is 10.4 Å². The number of methoxy groups -OCH3 is 2. The second-order valence-electron chi connectivity index (χ2n) is 4.68. The van der Waals surface area contributed by atoms with Gasteiger partial charge in [-0.1, -0.05) is 34.8 Å². The molecule has 0 saturated carbocycles. The Morgan fingerprint density at radius 2 is 1.56 bits per heavy atom. The molecule has 0 radical (unpaired) electrons. The van der Waals surface area contributed by atoms with Crippen LogP contribution in [0, 0.1) is 10.1 Å². The minimum absolute atomic E-state index is 0.123. The maximum absolute atomic E-state index is 12.5. The Balaban J connectivity index is 2.48. The zero-order valence-electron chi connectivity index (χ0n) is 12.9. The van der Waals surface area contributed by atoms with E-state index in [-0.39, 0.29) is 37.8 Å². The van der Waals surface area contributed by atoms with Gasteiger partial charge in [0, 0.05) is 6.07 Å². The smallest absolute Gasteiger partial charge is 0.286 e. The van der Waals surface area contributed by atoms with Crippen LogP contribution in [0.25, 0.3) is 0 Å². The molecule has 25 heavy (non-hydrogen) atoms.